The summed E-state index contributed by atoms with van der Waals surface area (Å²) in [5.41, 5.74) is -0.234. The average Bonchev–Trinajstić information content (AvgIpc) is 2.64. The predicted octanol–water partition coefficient (Wildman–Crippen LogP) is 4.38. The van der Waals surface area contributed by atoms with Gasteiger partial charge in [0.15, 0.2) is 11.4 Å². The number of nitrogens with zero attached hydrogens (tertiary/aromatic N) is 2. The Kier molecular flexibility index (Phi) is 4.30. The number of rotatable bonds is 3. The number of hydrogen-bond acceptors (Lipinski definition) is 2. The Morgan fingerprint density at radius 3 is 2.52 bits per heavy atom. The summed E-state index contributed by atoms with van der Waals surface area (Å²) in [6.07, 6.45) is -3.91. The van der Waals surface area contributed by atoms with Crippen LogP contribution in [0.25, 0.3) is 0 Å². The Balaban J connectivity index is 2.39. The van der Waals surface area contributed by atoms with Crippen LogP contribution in [0.15, 0.2) is 18.2 Å². The topological polar surface area (TPSA) is 34.9 Å². The minimum Gasteiger partial charge on any atom is -0.320 e. The van der Waals surface area contributed by atoms with Crippen molar-refractivity contribution in [2.24, 2.45) is 0 Å². The van der Waals surface area contributed by atoms with E-state index in [4.69, 9.17) is 23.2 Å². The second kappa shape index (κ2) is 5.69. The van der Waals surface area contributed by atoms with E-state index in [0.29, 0.717) is 17.7 Å². The maximum absolute atomic E-state index is 12.6. The van der Waals surface area contributed by atoms with Gasteiger partial charge >= 0.3 is 6.18 Å². The van der Waals surface area contributed by atoms with Crippen LogP contribution in [0.1, 0.15) is 27.4 Å². The molecule has 21 heavy (non-hydrogen) atoms. The Morgan fingerprint density at radius 1 is 1.33 bits per heavy atom. The first-order chi connectivity index (χ1) is 9.74. The molecular formula is C13H9Cl2F3N2O. The number of aryl methyl sites for hydroxylation is 1. The van der Waals surface area contributed by atoms with Crippen molar-refractivity contribution in [2.45, 2.75) is 19.6 Å². The predicted molar refractivity (Wildman–Crippen MR) is 72.9 cm³/mol. The van der Waals surface area contributed by atoms with Crippen LogP contribution in [0.5, 0.6) is 0 Å². The van der Waals surface area contributed by atoms with Gasteiger partial charge in [0, 0.05) is 5.02 Å². The minimum atomic E-state index is -4.45. The zero-order valence-electron chi connectivity index (χ0n) is 10.7. The Hall–Kier alpha value is -1.53. The van der Waals surface area contributed by atoms with Crippen LogP contribution in [0, 0.1) is 6.92 Å². The molecule has 0 fully saturated rings. The molecule has 0 aliphatic rings. The number of hydrogen-bond donors (Lipinski definition) is 0. The molecule has 8 heteroatoms. The zero-order chi connectivity index (χ0) is 15.8. The molecule has 0 atom stereocenters. The van der Waals surface area contributed by atoms with E-state index in [-0.39, 0.29) is 22.4 Å². The Bertz CT molecular complexity index is 695. The van der Waals surface area contributed by atoms with Crippen molar-refractivity contribution in [3.8, 4) is 0 Å². The van der Waals surface area contributed by atoms with Crippen LogP contribution in [0.3, 0.4) is 0 Å². The lowest BCUT2D eigenvalue weighted by Crippen LogP contribution is -2.09. The molecule has 0 unspecified atom stereocenters. The molecule has 2 rings (SSSR count). The van der Waals surface area contributed by atoms with Crippen molar-refractivity contribution >= 4 is 29.5 Å². The third kappa shape index (κ3) is 3.22. The highest BCUT2D eigenvalue weighted by atomic mass is 35.5. The molecule has 3 nitrogen and oxygen atoms in total. The Morgan fingerprint density at radius 2 is 2.00 bits per heavy atom. The number of halogens is 5. The van der Waals surface area contributed by atoms with Crippen LogP contribution in [-0.2, 0) is 12.7 Å². The normalized spacial score (nSPS) is 11.7. The average molecular weight is 337 g/mol. The molecule has 2 aromatic rings. The first kappa shape index (κ1) is 15.9. The number of aldehydes is 1. The van der Waals surface area contributed by atoms with E-state index in [1.165, 1.54) is 10.6 Å². The van der Waals surface area contributed by atoms with Crippen molar-refractivity contribution in [3.63, 3.8) is 0 Å². The number of alkyl halides is 3. The van der Waals surface area contributed by atoms with E-state index in [0.717, 1.165) is 12.1 Å². The fourth-order valence-electron chi connectivity index (χ4n) is 1.88. The van der Waals surface area contributed by atoms with E-state index < -0.39 is 11.7 Å². The monoisotopic (exact) mass is 336 g/mol. The highest BCUT2D eigenvalue weighted by Gasteiger charge is 2.30. The molecule has 1 aromatic heterocycles. The van der Waals surface area contributed by atoms with Crippen LogP contribution >= 0.6 is 23.2 Å². The van der Waals surface area contributed by atoms with Gasteiger partial charge in [0.05, 0.1) is 12.1 Å². The molecule has 1 heterocycles. The highest BCUT2D eigenvalue weighted by molar-refractivity contribution is 6.32. The molecule has 0 radical (unpaired) electrons. The van der Waals surface area contributed by atoms with Crippen LogP contribution in [0.4, 0.5) is 13.2 Å². The molecule has 0 N–H and O–H groups in total. The third-order valence-corrected chi connectivity index (χ3v) is 3.60. The van der Waals surface area contributed by atoms with Crippen LogP contribution in [0.2, 0.25) is 10.2 Å². The second-order valence-corrected chi connectivity index (χ2v) is 5.11. The standard InChI is InChI=1S/C13H9Cl2F3N2O/c1-7-19-12(15)11(6-21)20(7)5-8-2-3-9(4-10(8)14)13(16,17)18/h2-4,6H,5H2,1H3. The van der Waals surface area contributed by atoms with E-state index >= 15 is 0 Å². The van der Waals surface area contributed by atoms with Gasteiger partial charge < -0.3 is 4.57 Å². The molecule has 1 aromatic carbocycles. The molecule has 0 spiro atoms. The van der Waals surface area contributed by atoms with Crippen molar-refractivity contribution < 1.29 is 18.0 Å². The SMILES string of the molecule is Cc1nc(Cl)c(C=O)n1Cc1ccc(C(F)(F)F)cc1Cl. The molecule has 0 amide bonds. The van der Waals surface area contributed by atoms with Crippen molar-refractivity contribution in [1.82, 2.24) is 9.55 Å². The largest absolute Gasteiger partial charge is 0.416 e. The van der Waals surface area contributed by atoms with Crippen molar-refractivity contribution in [1.29, 1.82) is 0 Å². The fraction of sp³-hybridized carbons (Fsp3) is 0.231. The van der Waals surface area contributed by atoms with Gasteiger partial charge in [-0.05, 0) is 24.6 Å². The van der Waals surface area contributed by atoms with Gasteiger partial charge in [-0.15, -0.1) is 0 Å². The smallest absolute Gasteiger partial charge is 0.320 e. The summed E-state index contributed by atoms with van der Waals surface area (Å²) in [4.78, 5) is 14.9. The van der Waals surface area contributed by atoms with Gasteiger partial charge in [0.1, 0.15) is 11.5 Å². The number of imidazole rings is 1. The molecule has 0 bridgehead atoms. The summed E-state index contributed by atoms with van der Waals surface area (Å²) in [5, 5.41) is 0.0106. The van der Waals surface area contributed by atoms with Crippen LogP contribution < -0.4 is 0 Å². The maximum Gasteiger partial charge on any atom is 0.416 e. The number of carbonyl (C=O) groups is 1. The van der Waals surface area contributed by atoms with E-state index in [1.807, 2.05) is 0 Å². The summed E-state index contributed by atoms with van der Waals surface area (Å²) in [5.74, 6) is 0.470. The van der Waals surface area contributed by atoms with E-state index in [9.17, 15) is 18.0 Å². The van der Waals surface area contributed by atoms with Gasteiger partial charge in [-0.1, -0.05) is 29.3 Å². The first-order valence-electron chi connectivity index (χ1n) is 5.77. The summed E-state index contributed by atoms with van der Waals surface area (Å²) in [7, 11) is 0. The van der Waals surface area contributed by atoms with Gasteiger partial charge in [-0.3, -0.25) is 4.79 Å². The summed E-state index contributed by atoms with van der Waals surface area (Å²) >= 11 is 11.7. The molecule has 0 aliphatic heterocycles. The van der Waals surface area contributed by atoms with Gasteiger partial charge in [-0.25, -0.2) is 4.98 Å². The number of benzene rings is 1. The lowest BCUT2D eigenvalue weighted by Gasteiger charge is -2.12. The quantitative estimate of drug-likeness (QED) is 0.779. The van der Waals surface area contributed by atoms with Crippen molar-refractivity contribution in [2.75, 3.05) is 0 Å². The third-order valence-electron chi connectivity index (χ3n) is 2.97. The number of aromatic nitrogens is 2. The molecule has 0 aliphatic carbocycles. The molecule has 0 saturated carbocycles. The minimum absolute atomic E-state index is 0.0362. The molecule has 112 valence electrons. The summed E-state index contributed by atoms with van der Waals surface area (Å²) in [6, 6.07) is 3.06. The fourth-order valence-corrected chi connectivity index (χ4v) is 2.39. The zero-order valence-corrected chi connectivity index (χ0v) is 12.2. The Labute approximate surface area is 128 Å². The second-order valence-electron chi connectivity index (χ2n) is 4.34. The van der Waals surface area contributed by atoms with Crippen molar-refractivity contribution in [3.05, 3.63) is 51.0 Å². The summed E-state index contributed by atoms with van der Waals surface area (Å²) < 4.78 is 39.2. The highest BCUT2D eigenvalue weighted by Crippen LogP contribution is 2.32. The first-order valence-corrected chi connectivity index (χ1v) is 6.53. The van der Waals surface area contributed by atoms with Gasteiger partial charge in [0.25, 0.3) is 0 Å². The van der Waals surface area contributed by atoms with E-state index in [1.54, 1.807) is 6.92 Å². The molecular weight excluding hydrogens is 328 g/mol. The van der Waals surface area contributed by atoms with E-state index in [2.05, 4.69) is 4.98 Å². The summed E-state index contributed by atoms with van der Waals surface area (Å²) in [6.45, 7) is 1.74. The lowest BCUT2D eigenvalue weighted by atomic mass is 10.1. The maximum atomic E-state index is 12.6. The number of carbonyl (C=O) groups excluding carboxylic acids is 1. The van der Waals surface area contributed by atoms with Gasteiger partial charge in [-0.2, -0.15) is 13.2 Å². The van der Waals surface area contributed by atoms with Crippen LogP contribution in [-0.4, -0.2) is 15.8 Å². The molecule has 0 saturated heterocycles. The lowest BCUT2D eigenvalue weighted by molar-refractivity contribution is -0.137. The van der Waals surface area contributed by atoms with Gasteiger partial charge in [0.2, 0.25) is 0 Å².